The molecular formula is C11H10O5. The second-order valence-corrected chi connectivity index (χ2v) is 3.47. The van der Waals surface area contributed by atoms with E-state index in [4.69, 9.17) is 14.6 Å². The first-order valence-corrected chi connectivity index (χ1v) is 4.77. The van der Waals surface area contributed by atoms with E-state index in [1.165, 1.54) is 13.0 Å². The first-order chi connectivity index (χ1) is 7.58. The molecule has 0 saturated carbocycles. The summed E-state index contributed by atoms with van der Waals surface area (Å²) in [6.07, 6.45) is -0.935. The number of carboxylic acids is 1. The summed E-state index contributed by atoms with van der Waals surface area (Å²) < 4.78 is 10.3. The molecule has 1 aromatic rings. The Balaban J connectivity index is 2.19. The highest BCUT2D eigenvalue weighted by atomic mass is 16.5. The number of Topliss-reactive ketones (excluding diaryl/α,β-unsaturated/α-hetero) is 1. The second-order valence-electron chi connectivity index (χ2n) is 3.47. The van der Waals surface area contributed by atoms with Gasteiger partial charge in [0, 0.05) is 6.07 Å². The first kappa shape index (κ1) is 10.5. The molecule has 0 radical (unpaired) electrons. The number of carboxylic acid groups (broad SMARTS) is 1. The number of benzene rings is 1. The lowest BCUT2D eigenvalue weighted by molar-refractivity contribution is -0.144. The Labute approximate surface area is 91.6 Å². The Morgan fingerprint density at radius 1 is 1.56 bits per heavy atom. The summed E-state index contributed by atoms with van der Waals surface area (Å²) in [6, 6.07) is 4.67. The van der Waals surface area contributed by atoms with Gasteiger partial charge in [-0.05, 0) is 19.1 Å². The summed E-state index contributed by atoms with van der Waals surface area (Å²) in [6.45, 7) is 1.47. The van der Waals surface area contributed by atoms with Crippen LogP contribution in [-0.2, 0) is 4.79 Å². The zero-order valence-electron chi connectivity index (χ0n) is 8.60. The number of rotatable bonds is 3. The predicted octanol–water partition coefficient (Wildman–Crippen LogP) is 1.11. The number of hydrogen-bond donors (Lipinski definition) is 1. The van der Waals surface area contributed by atoms with E-state index in [-0.39, 0.29) is 12.4 Å². The number of ketones is 1. The summed E-state index contributed by atoms with van der Waals surface area (Å²) >= 11 is 0. The topological polar surface area (TPSA) is 72.8 Å². The highest BCUT2D eigenvalue weighted by Crippen LogP contribution is 2.29. The van der Waals surface area contributed by atoms with E-state index in [2.05, 4.69) is 0 Å². The molecule has 0 aromatic heterocycles. The minimum atomic E-state index is -1.04. The van der Waals surface area contributed by atoms with Gasteiger partial charge in [-0.1, -0.05) is 0 Å². The van der Waals surface area contributed by atoms with Gasteiger partial charge in [-0.3, -0.25) is 4.79 Å². The van der Waals surface area contributed by atoms with Gasteiger partial charge in [0.1, 0.15) is 11.5 Å². The van der Waals surface area contributed by atoms with Crippen molar-refractivity contribution in [3.63, 3.8) is 0 Å². The van der Waals surface area contributed by atoms with E-state index in [9.17, 15) is 9.59 Å². The number of carbonyl (C=O) groups excluding carboxylic acids is 1. The first-order valence-electron chi connectivity index (χ1n) is 4.77. The van der Waals surface area contributed by atoms with Crippen LogP contribution in [0.3, 0.4) is 0 Å². The molecule has 1 N–H and O–H groups in total. The third kappa shape index (κ3) is 1.84. The van der Waals surface area contributed by atoms with Gasteiger partial charge in [0.25, 0.3) is 0 Å². The predicted molar refractivity (Wildman–Crippen MR) is 54.0 cm³/mol. The maximum Gasteiger partial charge on any atom is 0.344 e. The summed E-state index contributed by atoms with van der Waals surface area (Å²) in [4.78, 5) is 21.8. The van der Waals surface area contributed by atoms with Gasteiger partial charge in [-0.15, -0.1) is 0 Å². The molecule has 0 aliphatic carbocycles. The molecule has 16 heavy (non-hydrogen) atoms. The summed E-state index contributed by atoms with van der Waals surface area (Å²) in [5.74, 6) is -0.297. The number of fused-ring (bicyclic) bond motifs is 1. The monoisotopic (exact) mass is 222 g/mol. The highest BCUT2D eigenvalue weighted by molar-refractivity contribution is 6.02. The zero-order valence-corrected chi connectivity index (χ0v) is 8.60. The number of ether oxygens (including phenoxy) is 2. The minimum absolute atomic E-state index is 0.0350. The Morgan fingerprint density at radius 2 is 2.31 bits per heavy atom. The zero-order chi connectivity index (χ0) is 11.7. The average Bonchev–Trinajstić information content (AvgIpc) is 2.60. The number of carbonyl (C=O) groups is 2. The Bertz CT molecular complexity index is 452. The molecule has 1 heterocycles. The standard InChI is InChI=1S/C11H10O5/c1-6(11(13)14)16-7-2-3-8-9(12)5-15-10(8)4-7/h2-4,6H,5H2,1H3,(H,13,14). The molecule has 5 heteroatoms. The van der Waals surface area contributed by atoms with Gasteiger partial charge in [0.05, 0.1) is 5.56 Å². The van der Waals surface area contributed by atoms with E-state index in [0.717, 1.165) is 0 Å². The van der Waals surface area contributed by atoms with Crippen LogP contribution in [0.5, 0.6) is 11.5 Å². The molecule has 0 saturated heterocycles. The molecule has 1 atom stereocenters. The van der Waals surface area contributed by atoms with Crippen molar-refractivity contribution in [1.29, 1.82) is 0 Å². The molecule has 0 amide bonds. The van der Waals surface area contributed by atoms with Crippen molar-refractivity contribution in [2.45, 2.75) is 13.0 Å². The van der Waals surface area contributed by atoms with Gasteiger partial charge < -0.3 is 14.6 Å². The molecule has 0 bridgehead atoms. The molecular weight excluding hydrogens is 212 g/mol. The van der Waals surface area contributed by atoms with Crippen molar-refractivity contribution in [2.24, 2.45) is 0 Å². The fourth-order valence-corrected chi connectivity index (χ4v) is 1.40. The van der Waals surface area contributed by atoms with Crippen molar-refractivity contribution < 1.29 is 24.2 Å². The Kier molecular flexibility index (Phi) is 2.52. The lowest BCUT2D eigenvalue weighted by Crippen LogP contribution is -2.22. The van der Waals surface area contributed by atoms with Crippen LogP contribution in [0.2, 0.25) is 0 Å². The van der Waals surface area contributed by atoms with Gasteiger partial charge in [0.15, 0.2) is 12.7 Å². The van der Waals surface area contributed by atoms with E-state index < -0.39 is 12.1 Å². The minimum Gasteiger partial charge on any atom is -0.485 e. The van der Waals surface area contributed by atoms with E-state index in [1.54, 1.807) is 12.1 Å². The van der Waals surface area contributed by atoms with Crippen LogP contribution in [0.25, 0.3) is 0 Å². The third-order valence-electron chi connectivity index (χ3n) is 2.27. The summed E-state index contributed by atoms with van der Waals surface area (Å²) in [5.41, 5.74) is 0.510. The molecule has 1 aliphatic heterocycles. The van der Waals surface area contributed by atoms with Gasteiger partial charge in [-0.2, -0.15) is 0 Å². The van der Waals surface area contributed by atoms with Crippen molar-refractivity contribution >= 4 is 11.8 Å². The van der Waals surface area contributed by atoms with Crippen LogP contribution < -0.4 is 9.47 Å². The number of hydrogen-bond acceptors (Lipinski definition) is 4. The second kappa shape index (κ2) is 3.84. The van der Waals surface area contributed by atoms with Gasteiger partial charge in [-0.25, -0.2) is 4.79 Å². The molecule has 84 valence electrons. The van der Waals surface area contributed by atoms with Crippen LogP contribution in [0.15, 0.2) is 18.2 Å². The van der Waals surface area contributed by atoms with E-state index >= 15 is 0 Å². The van der Waals surface area contributed by atoms with Gasteiger partial charge in [0.2, 0.25) is 5.78 Å². The van der Waals surface area contributed by atoms with Crippen LogP contribution in [0.4, 0.5) is 0 Å². The molecule has 5 nitrogen and oxygen atoms in total. The fourth-order valence-electron chi connectivity index (χ4n) is 1.40. The van der Waals surface area contributed by atoms with Crippen LogP contribution in [0.1, 0.15) is 17.3 Å². The fraction of sp³-hybridized carbons (Fsp3) is 0.273. The molecule has 1 unspecified atom stereocenters. The molecule has 1 aliphatic rings. The maximum atomic E-state index is 11.2. The lowest BCUT2D eigenvalue weighted by atomic mass is 10.1. The maximum absolute atomic E-state index is 11.2. The quantitative estimate of drug-likeness (QED) is 0.829. The summed E-state index contributed by atoms with van der Waals surface area (Å²) in [7, 11) is 0. The largest absolute Gasteiger partial charge is 0.485 e. The number of aliphatic carboxylic acids is 1. The average molecular weight is 222 g/mol. The highest BCUT2D eigenvalue weighted by Gasteiger charge is 2.22. The molecule has 2 rings (SSSR count). The van der Waals surface area contributed by atoms with Crippen molar-refractivity contribution in [1.82, 2.24) is 0 Å². The van der Waals surface area contributed by atoms with Crippen LogP contribution in [0, 0.1) is 0 Å². The molecule has 0 spiro atoms. The van der Waals surface area contributed by atoms with Crippen molar-refractivity contribution in [3.8, 4) is 11.5 Å². The molecule has 0 fully saturated rings. The van der Waals surface area contributed by atoms with Crippen molar-refractivity contribution in [3.05, 3.63) is 23.8 Å². The van der Waals surface area contributed by atoms with Crippen molar-refractivity contribution in [2.75, 3.05) is 6.61 Å². The summed E-state index contributed by atoms with van der Waals surface area (Å²) in [5, 5.41) is 8.67. The Hall–Kier alpha value is -2.04. The smallest absolute Gasteiger partial charge is 0.344 e. The third-order valence-corrected chi connectivity index (χ3v) is 2.27. The van der Waals surface area contributed by atoms with E-state index in [0.29, 0.717) is 17.1 Å². The van der Waals surface area contributed by atoms with Crippen LogP contribution >= 0.6 is 0 Å². The van der Waals surface area contributed by atoms with Gasteiger partial charge >= 0.3 is 5.97 Å². The lowest BCUT2D eigenvalue weighted by Gasteiger charge is -2.10. The normalized spacial score (nSPS) is 15.2. The van der Waals surface area contributed by atoms with Crippen LogP contribution in [-0.4, -0.2) is 29.6 Å². The molecule has 1 aromatic carbocycles. The SMILES string of the molecule is CC(Oc1ccc2c(c1)OCC2=O)C(=O)O. The Morgan fingerprint density at radius 3 is 3.00 bits per heavy atom. The van der Waals surface area contributed by atoms with E-state index in [1.807, 2.05) is 0 Å².